The maximum atomic E-state index is 11.6. The molecule has 1 aromatic carbocycles. The molecular formula is C16H13N7O2S. The van der Waals surface area contributed by atoms with Gasteiger partial charge >= 0.3 is 0 Å². The van der Waals surface area contributed by atoms with Crippen LogP contribution >= 0.6 is 0 Å². The quantitative estimate of drug-likeness (QED) is 0.552. The van der Waals surface area contributed by atoms with Crippen molar-refractivity contribution in [2.24, 2.45) is 5.14 Å². The predicted octanol–water partition coefficient (Wildman–Crippen LogP) is 1.11. The molecule has 3 aromatic heterocycles. The van der Waals surface area contributed by atoms with Crippen molar-refractivity contribution in [1.29, 1.82) is 0 Å². The van der Waals surface area contributed by atoms with Crippen molar-refractivity contribution in [3.8, 4) is 17.1 Å². The first-order chi connectivity index (χ1) is 12.4. The third-order valence-corrected chi connectivity index (χ3v) is 4.69. The van der Waals surface area contributed by atoms with Gasteiger partial charge in [-0.15, -0.1) is 0 Å². The summed E-state index contributed by atoms with van der Waals surface area (Å²) < 4.78 is 24.7. The second-order valence-corrected chi connectivity index (χ2v) is 7.06. The zero-order valence-electron chi connectivity index (χ0n) is 13.3. The molecule has 4 N–H and O–H groups in total. The maximum absolute atomic E-state index is 11.6. The summed E-state index contributed by atoms with van der Waals surface area (Å²) in [5.41, 5.74) is 7.50. The number of sulfonamides is 1. The minimum absolute atomic E-state index is 0.00558. The van der Waals surface area contributed by atoms with E-state index in [1.54, 1.807) is 42.9 Å². The third kappa shape index (κ3) is 2.76. The van der Waals surface area contributed by atoms with E-state index in [1.165, 1.54) is 16.8 Å². The fourth-order valence-electron chi connectivity index (χ4n) is 2.61. The van der Waals surface area contributed by atoms with Gasteiger partial charge in [-0.2, -0.15) is 5.10 Å². The van der Waals surface area contributed by atoms with Gasteiger partial charge in [-0.05, 0) is 30.3 Å². The molecule has 3 heterocycles. The first kappa shape index (κ1) is 16.1. The second kappa shape index (κ2) is 5.86. The average molecular weight is 367 g/mol. The molecule has 0 amide bonds. The Morgan fingerprint density at radius 3 is 2.62 bits per heavy atom. The van der Waals surface area contributed by atoms with E-state index in [-0.39, 0.29) is 4.90 Å². The lowest BCUT2D eigenvalue weighted by Crippen LogP contribution is -2.12. The number of anilines is 1. The van der Waals surface area contributed by atoms with Crippen molar-refractivity contribution in [2.45, 2.75) is 4.90 Å². The molecular weight excluding hydrogens is 354 g/mol. The van der Waals surface area contributed by atoms with Gasteiger partial charge in [-0.25, -0.2) is 33.2 Å². The molecule has 0 saturated heterocycles. The number of nitrogens with zero attached hydrogens (tertiary/aromatic N) is 5. The number of primary sulfonamides is 1. The van der Waals surface area contributed by atoms with E-state index >= 15 is 0 Å². The van der Waals surface area contributed by atoms with E-state index in [0.29, 0.717) is 28.4 Å². The summed E-state index contributed by atoms with van der Waals surface area (Å²) >= 11 is 0. The molecule has 0 fully saturated rings. The van der Waals surface area contributed by atoms with Gasteiger partial charge in [0.15, 0.2) is 11.5 Å². The van der Waals surface area contributed by atoms with Crippen LogP contribution in [0.3, 0.4) is 0 Å². The van der Waals surface area contributed by atoms with Crippen molar-refractivity contribution >= 4 is 26.9 Å². The van der Waals surface area contributed by atoms with Gasteiger partial charge in [0.1, 0.15) is 5.82 Å². The molecule has 26 heavy (non-hydrogen) atoms. The number of pyridine rings is 1. The Morgan fingerprint density at radius 2 is 1.85 bits per heavy atom. The van der Waals surface area contributed by atoms with Crippen LogP contribution in [-0.2, 0) is 10.0 Å². The number of fused-ring (bicyclic) bond motifs is 1. The van der Waals surface area contributed by atoms with Crippen LogP contribution in [0.2, 0.25) is 0 Å². The largest absolute Gasteiger partial charge is 0.384 e. The molecule has 4 rings (SSSR count). The minimum atomic E-state index is -3.82. The molecule has 0 unspecified atom stereocenters. The van der Waals surface area contributed by atoms with Crippen LogP contribution in [0.1, 0.15) is 0 Å². The van der Waals surface area contributed by atoms with Gasteiger partial charge in [-0.3, -0.25) is 0 Å². The molecule has 0 radical (unpaired) electrons. The highest BCUT2D eigenvalue weighted by Gasteiger charge is 2.15. The summed E-state index contributed by atoms with van der Waals surface area (Å²) in [6, 6.07) is 9.53. The molecule has 10 heteroatoms. The van der Waals surface area contributed by atoms with Crippen LogP contribution in [-0.4, -0.2) is 33.2 Å². The van der Waals surface area contributed by atoms with E-state index < -0.39 is 10.0 Å². The lowest BCUT2D eigenvalue weighted by molar-refractivity contribution is 0.597. The average Bonchev–Trinajstić information content (AvgIpc) is 3.05. The van der Waals surface area contributed by atoms with Crippen molar-refractivity contribution in [2.75, 3.05) is 5.73 Å². The van der Waals surface area contributed by atoms with Gasteiger partial charge in [0.2, 0.25) is 10.0 Å². The van der Waals surface area contributed by atoms with Crippen LogP contribution in [0.4, 0.5) is 5.82 Å². The Kier molecular flexibility index (Phi) is 3.63. The maximum Gasteiger partial charge on any atom is 0.238 e. The molecule has 4 aromatic rings. The van der Waals surface area contributed by atoms with E-state index in [0.717, 1.165) is 5.56 Å². The predicted molar refractivity (Wildman–Crippen MR) is 95.7 cm³/mol. The van der Waals surface area contributed by atoms with Gasteiger partial charge in [-0.1, -0.05) is 6.07 Å². The van der Waals surface area contributed by atoms with Gasteiger partial charge in [0.05, 0.1) is 22.2 Å². The third-order valence-electron chi connectivity index (χ3n) is 3.78. The number of benzene rings is 1. The van der Waals surface area contributed by atoms with Crippen LogP contribution < -0.4 is 10.9 Å². The molecule has 0 spiro atoms. The number of hydrogen-bond donors (Lipinski definition) is 2. The SMILES string of the molecule is Nc1ccnc(-c2ccnc3c2cnn3-c2cccc(S(N)(=O)=O)c2)n1. The first-order valence-corrected chi connectivity index (χ1v) is 9.03. The Morgan fingerprint density at radius 1 is 1.04 bits per heavy atom. The summed E-state index contributed by atoms with van der Waals surface area (Å²) in [4.78, 5) is 12.8. The summed E-state index contributed by atoms with van der Waals surface area (Å²) in [6.45, 7) is 0. The molecule has 0 saturated carbocycles. The van der Waals surface area contributed by atoms with E-state index in [2.05, 4.69) is 20.1 Å². The van der Waals surface area contributed by atoms with E-state index in [1.807, 2.05) is 0 Å². The highest BCUT2D eigenvalue weighted by atomic mass is 32.2. The van der Waals surface area contributed by atoms with E-state index in [4.69, 9.17) is 10.9 Å². The minimum Gasteiger partial charge on any atom is -0.384 e. The number of rotatable bonds is 3. The molecule has 9 nitrogen and oxygen atoms in total. The molecule has 130 valence electrons. The molecule has 0 aliphatic heterocycles. The molecule has 0 bridgehead atoms. The summed E-state index contributed by atoms with van der Waals surface area (Å²) in [5, 5.41) is 10.2. The number of nitrogen functional groups attached to an aromatic ring is 1. The first-order valence-electron chi connectivity index (χ1n) is 7.48. The monoisotopic (exact) mass is 367 g/mol. The summed E-state index contributed by atoms with van der Waals surface area (Å²) in [7, 11) is -3.82. The number of nitrogens with two attached hydrogens (primary N) is 2. The Bertz CT molecular complexity index is 1230. The van der Waals surface area contributed by atoms with Crippen LogP contribution in [0.25, 0.3) is 28.1 Å². The number of hydrogen-bond acceptors (Lipinski definition) is 7. The topological polar surface area (TPSA) is 143 Å². The normalized spacial score (nSPS) is 11.7. The highest BCUT2D eigenvalue weighted by Crippen LogP contribution is 2.26. The molecule has 0 aliphatic carbocycles. The van der Waals surface area contributed by atoms with Crippen molar-refractivity contribution in [3.05, 3.63) is 55.0 Å². The zero-order valence-corrected chi connectivity index (χ0v) is 14.1. The lowest BCUT2D eigenvalue weighted by Gasteiger charge is -2.06. The highest BCUT2D eigenvalue weighted by molar-refractivity contribution is 7.89. The van der Waals surface area contributed by atoms with Crippen molar-refractivity contribution < 1.29 is 8.42 Å². The van der Waals surface area contributed by atoms with Gasteiger partial charge < -0.3 is 5.73 Å². The Labute approximate surface area is 148 Å². The zero-order chi connectivity index (χ0) is 18.3. The standard InChI is InChI=1S/C16H13N7O2S/c17-14-5-7-19-15(22-14)12-4-6-20-16-13(12)9-21-23(16)10-2-1-3-11(8-10)26(18,24)25/h1-9H,(H2,17,19,22)(H2,18,24,25). The molecule has 0 aliphatic rings. The van der Waals surface area contributed by atoms with Crippen LogP contribution in [0.5, 0.6) is 0 Å². The van der Waals surface area contributed by atoms with Crippen LogP contribution in [0, 0.1) is 0 Å². The van der Waals surface area contributed by atoms with E-state index in [9.17, 15) is 8.42 Å². The Balaban J connectivity index is 1.91. The van der Waals surface area contributed by atoms with Gasteiger partial charge in [0, 0.05) is 18.0 Å². The van der Waals surface area contributed by atoms with Crippen LogP contribution in [0.15, 0.2) is 59.9 Å². The lowest BCUT2D eigenvalue weighted by atomic mass is 10.2. The van der Waals surface area contributed by atoms with Gasteiger partial charge in [0.25, 0.3) is 0 Å². The summed E-state index contributed by atoms with van der Waals surface area (Å²) in [6.07, 6.45) is 4.80. The molecule has 0 atom stereocenters. The van der Waals surface area contributed by atoms with Crippen molar-refractivity contribution in [1.82, 2.24) is 24.7 Å². The second-order valence-electron chi connectivity index (χ2n) is 5.50. The summed E-state index contributed by atoms with van der Waals surface area (Å²) in [5.74, 6) is 0.809. The fraction of sp³-hybridized carbons (Fsp3) is 0. The number of aromatic nitrogens is 5. The Hall–Kier alpha value is -3.37. The van der Waals surface area contributed by atoms with Crippen molar-refractivity contribution in [3.63, 3.8) is 0 Å². The fourth-order valence-corrected chi connectivity index (χ4v) is 3.16. The smallest absolute Gasteiger partial charge is 0.238 e.